The van der Waals surface area contributed by atoms with Gasteiger partial charge in [0.1, 0.15) is 0 Å². The first-order valence-electron chi connectivity index (χ1n) is 6.25. The first kappa shape index (κ1) is 15.5. The summed E-state index contributed by atoms with van der Waals surface area (Å²) in [7, 11) is 0. The van der Waals surface area contributed by atoms with Crippen LogP contribution in [-0.4, -0.2) is 18.8 Å². The number of halogens is 3. The van der Waals surface area contributed by atoms with Crippen molar-refractivity contribution >= 4 is 5.97 Å². The Balaban J connectivity index is 2.37. The predicted molar refractivity (Wildman–Crippen MR) is 66.0 cm³/mol. The number of benzene rings is 1. The van der Waals surface area contributed by atoms with Gasteiger partial charge in [-0.15, -0.1) is 0 Å². The van der Waals surface area contributed by atoms with Crippen LogP contribution >= 0.6 is 0 Å². The molecule has 106 valence electrons. The average molecular weight is 274 g/mol. The molecule has 0 amide bonds. The Labute approximate surface area is 110 Å². The van der Waals surface area contributed by atoms with Gasteiger partial charge in [-0.05, 0) is 30.5 Å². The zero-order valence-corrected chi connectivity index (χ0v) is 10.8. The van der Waals surface area contributed by atoms with Crippen LogP contribution in [0.1, 0.15) is 42.1 Å². The summed E-state index contributed by atoms with van der Waals surface area (Å²) < 4.78 is 40.4. The monoisotopic (exact) mass is 274 g/mol. The molecule has 0 aliphatic carbocycles. The Morgan fingerprint density at radius 1 is 1.21 bits per heavy atom. The third-order valence-electron chi connectivity index (χ3n) is 2.57. The highest BCUT2D eigenvalue weighted by atomic mass is 19.4. The second kappa shape index (κ2) is 7.16. The molecule has 0 aromatic heterocycles. The van der Waals surface area contributed by atoms with Crippen molar-refractivity contribution in [3.05, 3.63) is 35.4 Å². The quantitative estimate of drug-likeness (QED) is 0.575. The zero-order chi connectivity index (χ0) is 14.3. The normalized spacial score (nSPS) is 11.4. The summed E-state index contributed by atoms with van der Waals surface area (Å²) >= 11 is 0. The van der Waals surface area contributed by atoms with E-state index in [-0.39, 0.29) is 13.0 Å². The molecule has 0 saturated heterocycles. The van der Waals surface area contributed by atoms with E-state index in [1.807, 2.05) is 12.1 Å². The van der Waals surface area contributed by atoms with E-state index in [1.54, 1.807) is 12.1 Å². The molecule has 0 heterocycles. The SMILES string of the molecule is CCCc1ccc(C(=O)OCCCC(F)(F)F)cc1. The lowest BCUT2D eigenvalue weighted by Crippen LogP contribution is -2.11. The molecule has 0 aliphatic heterocycles. The molecule has 0 saturated carbocycles. The van der Waals surface area contributed by atoms with Crippen molar-refractivity contribution in [2.24, 2.45) is 0 Å². The summed E-state index contributed by atoms with van der Waals surface area (Å²) in [4.78, 5) is 11.5. The van der Waals surface area contributed by atoms with Crippen LogP contribution in [0.3, 0.4) is 0 Å². The molecule has 2 nitrogen and oxygen atoms in total. The van der Waals surface area contributed by atoms with Crippen molar-refractivity contribution in [3.63, 3.8) is 0 Å². The van der Waals surface area contributed by atoms with Gasteiger partial charge in [0, 0.05) is 6.42 Å². The van der Waals surface area contributed by atoms with Crippen LogP contribution in [0.5, 0.6) is 0 Å². The van der Waals surface area contributed by atoms with Crippen molar-refractivity contribution in [1.82, 2.24) is 0 Å². The average Bonchev–Trinajstić information content (AvgIpc) is 2.34. The Kier molecular flexibility index (Phi) is 5.86. The van der Waals surface area contributed by atoms with Gasteiger partial charge in [-0.2, -0.15) is 13.2 Å². The number of hydrogen-bond donors (Lipinski definition) is 0. The van der Waals surface area contributed by atoms with Gasteiger partial charge in [0.05, 0.1) is 12.2 Å². The summed E-state index contributed by atoms with van der Waals surface area (Å²) in [6, 6.07) is 6.93. The van der Waals surface area contributed by atoms with E-state index < -0.39 is 18.6 Å². The fraction of sp³-hybridized carbons (Fsp3) is 0.500. The van der Waals surface area contributed by atoms with Crippen molar-refractivity contribution in [1.29, 1.82) is 0 Å². The number of carbonyl (C=O) groups is 1. The van der Waals surface area contributed by atoms with Gasteiger partial charge >= 0.3 is 12.1 Å². The van der Waals surface area contributed by atoms with Crippen molar-refractivity contribution in [2.45, 2.75) is 38.8 Å². The molecule has 0 spiro atoms. The molecule has 1 aromatic carbocycles. The minimum atomic E-state index is -4.20. The Hall–Kier alpha value is -1.52. The number of rotatable bonds is 6. The highest BCUT2D eigenvalue weighted by Crippen LogP contribution is 2.21. The molecule has 0 radical (unpaired) electrons. The number of carbonyl (C=O) groups excluding carboxylic acids is 1. The summed E-state index contributed by atoms with van der Waals surface area (Å²) in [5, 5.41) is 0. The highest BCUT2D eigenvalue weighted by molar-refractivity contribution is 5.89. The van der Waals surface area contributed by atoms with E-state index in [1.165, 1.54) is 0 Å². The molecule has 1 aromatic rings. The highest BCUT2D eigenvalue weighted by Gasteiger charge is 2.26. The molecule has 1 rings (SSSR count). The maximum Gasteiger partial charge on any atom is 0.389 e. The van der Waals surface area contributed by atoms with E-state index in [0.29, 0.717) is 5.56 Å². The van der Waals surface area contributed by atoms with Gasteiger partial charge in [-0.1, -0.05) is 25.5 Å². The fourth-order valence-corrected chi connectivity index (χ4v) is 1.62. The van der Waals surface area contributed by atoms with E-state index in [4.69, 9.17) is 4.74 Å². The van der Waals surface area contributed by atoms with E-state index in [0.717, 1.165) is 18.4 Å². The first-order valence-corrected chi connectivity index (χ1v) is 6.25. The first-order chi connectivity index (χ1) is 8.92. The molecular weight excluding hydrogens is 257 g/mol. The van der Waals surface area contributed by atoms with E-state index in [2.05, 4.69) is 6.92 Å². The predicted octanol–water partition coefficient (Wildman–Crippen LogP) is 4.14. The van der Waals surface area contributed by atoms with E-state index >= 15 is 0 Å². The fourth-order valence-electron chi connectivity index (χ4n) is 1.62. The maximum atomic E-state index is 11.9. The molecule has 0 bridgehead atoms. The Bertz CT molecular complexity index is 396. The molecule has 0 atom stereocenters. The van der Waals surface area contributed by atoms with Crippen molar-refractivity contribution in [2.75, 3.05) is 6.61 Å². The second-order valence-corrected chi connectivity index (χ2v) is 4.30. The van der Waals surface area contributed by atoms with Crippen LogP contribution in [-0.2, 0) is 11.2 Å². The van der Waals surface area contributed by atoms with Crippen LogP contribution in [0.15, 0.2) is 24.3 Å². The maximum absolute atomic E-state index is 11.9. The van der Waals surface area contributed by atoms with Gasteiger partial charge < -0.3 is 4.74 Å². The molecular formula is C14H17F3O2. The lowest BCUT2D eigenvalue weighted by Gasteiger charge is -2.07. The van der Waals surface area contributed by atoms with Crippen LogP contribution in [0, 0.1) is 0 Å². The number of aryl methyl sites for hydroxylation is 1. The lowest BCUT2D eigenvalue weighted by molar-refractivity contribution is -0.137. The Morgan fingerprint density at radius 2 is 1.84 bits per heavy atom. The minimum Gasteiger partial charge on any atom is -0.462 e. The molecule has 0 N–H and O–H groups in total. The van der Waals surface area contributed by atoms with Crippen LogP contribution in [0.2, 0.25) is 0 Å². The smallest absolute Gasteiger partial charge is 0.389 e. The van der Waals surface area contributed by atoms with Gasteiger partial charge in [0.2, 0.25) is 0 Å². The molecule has 0 fully saturated rings. The number of hydrogen-bond acceptors (Lipinski definition) is 2. The van der Waals surface area contributed by atoms with Crippen molar-refractivity contribution in [3.8, 4) is 0 Å². The minimum absolute atomic E-state index is 0.205. The van der Waals surface area contributed by atoms with Crippen LogP contribution in [0.25, 0.3) is 0 Å². The lowest BCUT2D eigenvalue weighted by atomic mass is 10.1. The summed E-state index contributed by atoms with van der Waals surface area (Å²) in [5.41, 5.74) is 1.49. The van der Waals surface area contributed by atoms with Gasteiger partial charge in [-0.25, -0.2) is 4.79 Å². The summed E-state index contributed by atoms with van der Waals surface area (Å²) in [5.74, 6) is -0.578. The van der Waals surface area contributed by atoms with Crippen molar-refractivity contribution < 1.29 is 22.7 Å². The van der Waals surface area contributed by atoms with Crippen LogP contribution in [0.4, 0.5) is 13.2 Å². The number of esters is 1. The van der Waals surface area contributed by atoms with Crippen LogP contribution < -0.4 is 0 Å². The summed E-state index contributed by atoms with van der Waals surface area (Å²) in [6.07, 6.45) is -3.39. The molecule has 0 unspecified atom stereocenters. The largest absolute Gasteiger partial charge is 0.462 e. The third kappa shape index (κ3) is 6.27. The standard InChI is InChI=1S/C14H17F3O2/c1-2-4-11-5-7-12(8-6-11)13(18)19-10-3-9-14(15,16)17/h5-8H,2-4,9-10H2,1H3. The molecule has 0 aliphatic rings. The van der Waals surface area contributed by atoms with Gasteiger partial charge in [-0.3, -0.25) is 0 Å². The Morgan fingerprint density at radius 3 is 2.37 bits per heavy atom. The molecule has 19 heavy (non-hydrogen) atoms. The topological polar surface area (TPSA) is 26.3 Å². The molecule has 5 heteroatoms. The number of ether oxygens (including phenoxy) is 1. The van der Waals surface area contributed by atoms with Gasteiger partial charge in [0.25, 0.3) is 0 Å². The second-order valence-electron chi connectivity index (χ2n) is 4.30. The van der Waals surface area contributed by atoms with E-state index in [9.17, 15) is 18.0 Å². The zero-order valence-electron chi connectivity index (χ0n) is 10.8. The number of alkyl halides is 3. The summed E-state index contributed by atoms with van der Waals surface area (Å²) in [6.45, 7) is 1.85. The van der Waals surface area contributed by atoms with Gasteiger partial charge in [0.15, 0.2) is 0 Å². The third-order valence-corrected chi connectivity index (χ3v) is 2.57.